The second-order valence-electron chi connectivity index (χ2n) is 4.25. The molecule has 2 atom stereocenters. The van der Waals surface area contributed by atoms with Crippen LogP contribution in [0.3, 0.4) is 0 Å². The Labute approximate surface area is 116 Å². The molecule has 0 spiro atoms. The molecule has 0 saturated carbocycles. The zero-order valence-corrected chi connectivity index (χ0v) is 12.5. The Balaban J connectivity index is 2.81. The van der Waals surface area contributed by atoms with Gasteiger partial charge in [0.2, 0.25) is 5.91 Å². The zero-order valence-electron chi connectivity index (χ0n) is 10.9. The normalized spacial score (nSPS) is 13.8. The minimum absolute atomic E-state index is 0.148. The molecule has 0 bridgehead atoms. The van der Waals surface area contributed by atoms with Crippen molar-refractivity contribution in [1.82, 2.24) is 0 Å². The second-order valence-corrected chi connectivity index (χ2v) is 5.10. The van der Waals surface area contributed by atoms with Crippen LogP contribution in [0.25, 0.3) is 0 Å². The molecule has 1 rings (SSSR count). The molecule has 0 saturated heterocycles. The fourth-order valence-electron chi connectivity index (χ4n) is 1.46. The van der Waals surface area contributed by atoms with Gasteiger partial charge in [0, 0.05) is 10.5 Å². The van der Waals surface area contributed by atoms with Crippen LogP contribution in [0.5, 0.6) is 5.75 Å². The van der Waals surface area contributed by atoms with Crippen molar-refractivity contribution in [2.24, 2.45) is 11.7 Å². The van der Waals surface area contributed by atoms with Crippen molar-refractivity contribution < 1.29 is 9.53 Å². The van der Waals surface area contributed by atoms with Gasteiger partial charge in [0.15, 0.2) is 0 Å². The van der Waals surface area contributed by atoms with Crippen molar-refractivity contribution in [2.75, 3.05) is 12.4 Å². The lowest BCUT2D eigenvalue weighted by atomic mass is 9.99. The Hall–Kier alpha value is -1.07. The fourth-order valence-corrected chi connectivity index (χ4v) is 1.80. The SMILES string of the molecule is CC[C@H](C)[C@H](N)C(=O)Nc1cc(OC)ccc1Br. The first-order chi connectivity index (χ1) is 8.49. The molecule has 0 aliphatic carbocycles. The summed E-state index contributed by atoms with van der Waals surface area (Å²) in [6.45, 7) is 3.98. The summed E-state index contributed by atoms with van der Waals surface area (Å²) < 4.78 is 5.92. The highest BCUT2D eigenvalue weighted by molar-refractivity contribution is 9.10. The molecule has 18 heavy (non-hydrogen) atoms. The van der Waals surface area contributed by atoms with Gasteiger partial charge in [-0.25, -0.2) is 0 Å². The summed E-state index contributed by atoms with van der Waals surface area (Å²) in [5.41, 5.74) is 6.55. The number of amides is 1. The fraction of sp³-hybridized carbons (Fsp3) is 0.462. The predicted molar refractivity (Wildman–Crippen MR) is 76.8 cm³/mol. The molecule has 1 aromatic carbocycles. The van der Waals surface area contributed by atoms with E-state index in [9.17, 15) is 4.79 Å². The number of nitrogens with one attached hydrogen (secondary N) is 1. The van der Waals surface area contributed by atoms with E-state index < -0.39 is 6.04 Å². The number of hydrogen-bond acceptors (Lipinski definition) is 3. The topological polar surface area (TPSA) is 64.4 Å². The lowest BCUT2D eigenvalue weighted by molar-refractivity contribution is -0.118. The number of halogens is 1. The van der Waals surface area contributed by atoms with E-state index in [1.54, 1.807) is 13.2 Å². The van der Waals surface area contributed by atoms with E-state index in [1.807, 2.05) is 26.0 Å². The Morgan fingerprint density at radius 2 is 2.22 bits per heavy atom. The average molecular weight is 315 g/mol. The molecule has 0 heterocycles. The van der Waals surface area contributed by atoms with E-state index in [-0.39, 0.29) is 11.8 Å². The van der Waals surface area contributed by atoms with Crippen molar-refractivity contribution in [3.8, 4) is 5.75 Å². The quantitative estimate of drug-likeness (QED) is 0.878. The first kappa shape index (κ1) is 15.0. The molecule has 0 fully saturated rings. The standard InChI is InChI=1S/C13H19BrN2O2/c1-4-8(2)12(15)13(17)16-11-7-9(18-3)5-6-10(11)14/h5-8,12H,4,15H2,1-3H3,(H,16,17)/t8-,12-/m0/s1. The minimum Gasteiger partial charge on any atom is -0.497 e. The second kappa shape index (κ2) is 6.75. The average Bonchev–Trinajstić information content (AvgIpc) is 2.39. The van der Waals surface area contributed by atoms with Gasteiger partial charge in [-0.3, -0.25) is 4.79 Å². The maximum absolute atomic E-state index is 12.0. The van der Waals surface area contributed by atoms with Crippen molar-refractivity contribution >= 4 is 27.5 Å². The monoisotopic (exact) mass is 314 g/mol. The van der Waals surface area contributed by atoms with Crippen molar-refractivity contribution in [3.63, 3.8) is 0 Å². The highest BCUT2D eigenvalue weighted by Gasteiger charge is 2.20. The van der Waals surface area contributed by atoms with E-state index in [4.69, 9.17) is 10.5 Å². The first-order valence-electron chi connectivity index (χ1n) is 5.89. The number of nitrogens with two attached hydrogens (primary N) is 1. The largest absolute Gasteiger partial charge is 0.497 e. The number of anilines is 1. The van der Waals surface area contributed by atoms with Gasteiger partial charge >= 0.3 is 0 Å². The number of benzene rings is 1. The van der Waals surface area contributed by atoms with E-state index in [0.717, 1.165) is 10.9 Å². The molecular formula is C13H19BrN2O2. The molecule has 0 unspecified atom stereocenters. The summed E-state index contributed by atoms with van der Waals surface area (Å²) in [7, 11) is 1.58. The van der Waals surface area contributed by atoms with Crippen LogP contribution in [0.2, 0.25) is 0 Å². The maximum atomic E-state index is 12.0. The Bertz CT molecular complexity index is 423. The lowest BCUT2D eigenvalue weighted by Gasteiger charge is -2.18. The molecular weight excluding hydrogens is 296 g/mol. The molecule has 4 nitrogen and oxygen atoms in total. The summed E-state index contributed by atoms with van der Waals surface area (Å²) in [5.74, 6) is 0.651. The molecule has 5 heteroatoms. The number of rotatable bonds is 5. The highest BCUT2D eigenvalue weighted by atomic mass is 79.9. The predicted octanol–water partition coefficient (Wildman–Crippen LogP) is 2.77. The molecule has 1 amide bonds. The third-order valence-electron chi connectivity index (χ3n) is 2.99. The smallest absolute Gasteiger partial charge is 0.241 e. The van der Waals surface area contributed by atoms with Crippen molar-refractivity contribution in [3.05, 3.63) is 22.7 Å². The van der Waals surface area contributed by atoms with Gasteiger partial charge in [0.1, 0.15) is 5.75 Å². The Morgan fingerprint density at radius 3 is 2.78 bits per heavy atom. The highest BCUT2D eigenvalue weighted by Crippen LogP contribution is 2.27. The van der Waals surface area contributed by atoms with Crippen LogP contribution in [0.1, 0.15) is 20.3 Å². The van der Waals surface area contributed by atoms with Gasteiger partial charge in [-0.2, -0.15) is 0 Å². The molecule has 0 aliphatic rings. The van der Waals surface area contributed by atoms with E-state index in [1.165, 1.54) is 0 Å². The number of ether oxygens (including phenoxy) is 1. The van der Waals surface area contributed by atoms with E-state index >= 15 is 0 Å². The summed E-state index contributed by atoms with van der Waals surface area (Å²) in [6, 6.07) is 4.89. The van der Waals surface area contributed by atoms with Gasteiger partial charge in [-0.1, -0.05) is 20.3 Å². The number of methoxy groups -OCH3 is 1. The van der Waals surface area contributed by atoms with Gasteiger partial charge in [0.25, 0.3) is 0 Å². The van der Waals surface area contributed by atoms with Crippen LogP contribution < -0.4 is 15.8 Å². The molecule has 3 N–H and O–H groups in total. The molecule has 0 aliphatic heterocycles. The van der Waals surface area contributed by atoms with Crippen LogP contribution in [-0.2, 0) is 4.79 Å². The van der Waals surface area contributed by atoms with Gasteiger partial charge in [-0.05, 0) is 34.0 Å². The molecule has 0 radical (unpaired) electrons. The zero-order chi connectivity index (χ0) is 13.7. The van der Waals surface area contributed by atoms with Crippen LogP contribution in [0.15, 0.2) is 22.7 Å². The van der Waals surface area contributed by atoms with E-state index in [0.29, 0.717) is 11.4 Å². The van der Waals surface area contributed by atoms with Crippen LogP contribution in [-0.4, -0.2) is 19.1 Å². The summed E-state index contributed by atoms with van der Waals surface area (Å²) in [6.07, 6.45) is 0.869. The summed E-state index contributed by atoms with van der Waals surface area (Å²) >= 11 is 3.38. The molecule has 100 valence electrons. The molecule has 0 aromatic heterocycles. The minimum atomic E-state index is -0.506. The Morgan fingerprint density at radius 1 is 1.56 bits per heavy atom. The van der Waals surface area contributed by atoms with Crippen molar-refractivity contribution in [2.45, 2.75) is 26.3 Å². The first-order valence-corrected chi connectivity index (χ1v) is 6.68. The number of carbonyl (C=O) groups is 1. The number of carbonyl (C=O) groups excluding carboxylic acids is 1. The van der Waals surface area contributed by atoms with Crippen LogP contribution in [0.4, 0.5) is 5.69 Å². The lowest BCUT2D eigenvalue weighted by Crippen LogP contribution is -2.40. The number of hydrogen-bond donors (Lipinski definition) is 2. The maximum Gasteiger partial charge on any atom is 0.241 e. The van der Waals surface area contributed by atoms with Gasteiger partial charge < -0.3 is 15.8 Å². The van der Waals surface area contributed by atoms with Gasteiger partial charge in [0.05, 0.1) is 18.8 Å². The Kier molecular flexibility index (Phi) is 5.62. The summed E-state index contributed by atoms with van der Waals surface area (Å²) in [5, 5.41) is 2.81. The van der Waals surface area contributed by atoms with Crippen LogP contribution >= 0.6 is 15.9 Å². The third-order valence-corrected chi connectivity index (χ3v) is 3.68. The summed E-state index contributed by atoms with van der Waals surface area (Å²) in [4.78, 5) is 12.0. The van der Waals surface area contributed by atoms with Crippen molar-refractivity contribution in [1.29, 1.82) is 0 Å². The van der Waals surface area contributed by atoms with Gasteiger partial charge in [-0.15, -0.1) is 0 Å². The van der Waals surface area contributed by atoms with Crippen LogP contribution in [0, 0.1) is 5.92 Å². The third kappa shape index (κ3) is 3.71. The molecule has 1 aromatic rings. The van der Waals surface area contributed by atoms with E-state index in [2.05, 4.69) is 21.2 Å².